The predicted molar refractivity (Wildman–Crippen MR) is 113 cm³/mol. The van der Waals surface area contributed by atoms with Crippen LogP contribution in [0.4, 0.5) is 11.4 Å². The van der Waals surface area contributed by atoms with Gasteiger partial charge in [0.05, 0.1) is 11.2 Å². The van der Waals surface area contributed by atoms with Crippen LogP contribution in [0.5, 0.6) is 0 Å². The molecule has 0 atom stereocenters. The molecule has 1 amide bonds. The third-order valence-electron chi connectivity index (χ3n) is 4.17. The number of aliphatic imine (C=N–C) groups is 1. The van der Waals surface area contributed by atoms with Crippen molar-refractivity contribution in [2.45, 2.75) is 0 Å². The molecule has 8 heteroatoms. The summed E-state index contributed by atoms with van der Waals surface area (Å²) in [5.74, 6) is -0.548. The van der Waals surface area contributed by atoms with Gasteiger partial charge in [-0.1, -0.05) is 29.8 Å². The molecule has 1 aliphatic heterocycles. The van der Waals surface area contributed by atoms with Crippen LogP contribution in [0.2, 0.25) is 5.02 Å². The molecule has 1 fully saturated rings. The predicted octanol–water partition coefficient (Wildman–Crippen LogP) is 4.09. The first-order valence-electron chi connectivity index (χ1n) is 8.57. The van der Waals surface area contributed by atoms with Crippen molar-refractivity contribution in [2.75, 3.05) is 18.4 Å². The van der Waals surface area contributed by atoms with E-state index in [2.05, 4.69) is 15.3 Å². The molecule has 0 bridgehead atoms. The van der Waals surface area contributed by atoms with E-state index in [1.807, 2.05) is 42.5 Å². The molecule has 0 aliphatic carbocycles. The molecule has 1 N–H and O–H groups in total. The Kier molecular flexibility index (Phi) is 5.27. The second-order valence-corrected chi connectivity index (χ2v) is 7.40. The molecule has 0 unspecified atom stereocenters. The summed E-state index contributed by atoms with van der Waals surface area (Å²) in [6.07, 6.45) is 1.70. The molecular weight excluding hydrogens is 396 g/mol. The zero-order chi connectivity index (χ0) is 19.5. The van der Waals surface area contributed by atoms with Crippen molar-refractivity contribution in [3.05, 3.63) is 65.8 Å². The van der Waals surface area contributed by atoms with Gasteiger partial charge in [0, 0.05) is 35.4 Å². The van der Waals surface area contributed by atoms with Crippen LogP contribution in [0.25, 0.3) is 10.9 Å². The molecule has 2 aromatic carbocycles. The number of hydrogen-bond donors (Lipinski definition) is 1. The minimum atomic E-state index is -0.548. The number of thioether (sulfide) groups is 1. The average Bonchev–Trinajstić information content (AvgIpc) is 2.96. The van der Waals surface area contributed by atoms with E-state index in [1.54, 1.807) is 18.3 Å². The first-order valence-corrected chi connectivity index (χ1v) is 9.77. The summed E-state index contributed by atoms with van der Waals surface area (Å²) in [7, 11) is 0. The van der Waals surface area contributed by atoms with Crippen LogP contribution in [-0.2, 0) is 9.59 Å². The van der Waals surface area contributed by atoms with Gasteiger partial charge in [0.2, 0.25) is 0 Å². The average molecular weight is 411 g/mol. The fourth-order valence-electron chi connectivity index (χ4n) is 2.85. The topological polar surface area (TPSA) is 74.7 Å². The molecule has 6 nitrogen and oxygen atoms in total. The number of amides is 1. The highest BCUT2D eigenvalue weighted by atomic mass is 35.5. The van der Waals surface area contributed by atoms with E-state index in [0.29, 0.717) is 29.0 Å². The van der Waals surface area contributed by atoms with E-state index in [9.17, 15) is 9.59 Å². The highest BCUT2D eigenvalue weighted by Crippen LogP contribution is 2.26. The number of carbonyl (C=O) groups is 2. The molecule has 0 saturated carbocycles. The zero-order valence-corrected chi connectivity index (χ0v) is 16.2. The Hall–Kier alpha value is -2.90. The Balaban J connectivity index is 1.50. The van der Waals surface area contributed by atoms with Gasteiger partial charge in [0.25, 0.3) is 5.12 Å². The normalized spacial score (nSPS) is 15.6. The van der Waals surface area contributed by atoms with Crippen LogP contribution in [0.3, 0.4) is 0 Å². The molecule has 0 radical (unpaired) electrons. The number of pyridine rings is 1. The van der Waals surface area contributed by atoms with Crippen LogP contribution in [0.1, 0.15) is 0 Å². The number of fused-ring (bicyclic) bond motifs is 1. The number of rotatable bonds is 5. The first-order chi connectivity index (χ1) is 13.6. The van der Waals surface area contributed by atoms with Crippen LogP contribution >= 0.6 is 23.4 Å². The van der Waals surface area contributed by atoms with E-state index in [4.69, 9.17) is 11.6 Å². The summed E-state index contributed by atoms with van der Waals surface area (Å²) in [6, 6.07) is 16.6. The summed E-state index contributed by atoms with van der Waals surface area (Å²) >= 11 is 6.88. The summed E-state index contributed by atoms with van der Waals surface area (Å²) in [5.41, 5.74) is 2.36. The second-order valence-electron chi connectivity index (χ2n) is 6.02. The number of carbonyl (C=O) groups excluding carboxylic acids is 2. The van der Waals surface area contributed by atoms with Gasteiger partial charge < -0.3 is 5.32 Å². The van der Waals surface area contributed by atoms with Crippen LogP contribution in [-0.4, -0.2) is 39.2 Å². The fraction of sp³-hybridized carbons (Fsp3) is 0.100. The van der Waals surface area contributed by atoms with Crippen molar-refractivity contribution in [2.24, 2.45) is 4.99 Å². The second kappa shape index (κ2) is 8.00. The molecule has 1 aliphatic rings. The Bertz CT molecular complexity index is 1090. The Labute approximate surface area is 170 Å². The number of amidine groups is 1. The largest absolute Gasteiger partial charge is 0.383 e. The van der Waals surface area contributed by atoms with Crippen LogP contribution in [0.15, 0.2) is 65.8 Å². The van der Waals surface area contributed by atoms with E-state index in [-0.39, 0.29) is 0 Å². The van der Waals surface area contributed by atoms with E-state index < -0.39 is 11.0 Å². The summed E-state index contributed by atoms with van der Waals surface area (Å²) in [4.78, 5) is 34.3. The van der Waals surface area contributed by atoms with Gasteiger partial charge in [-0.25, -0.2) is 4.99 Å². The lowest BCUT2D eigenvalue weighted by Gasteiger charge is -2.16. The Morgan fingerprint density at radius 2 is 1.93 bits per heavy atom. The third kappa shape index (κ3) is 3.85. The number of para-hydroxylation sites is 1. The lowest BCUT2D eigenvalue weighted by atomic mass is 10.2. The molecule has 3 aromatic rings. The van der Waals surface area contributed by atoms with E-state index >= 15 is 0 Å². The quantitative estimate of drug-likeness (QED) is 0.641. The SMILES string of the molecule is O=C1SC(=Nc2ccccc2)N(CCNc2ccnc3cc(Cl)ccc23)C1=O. The number of benzene rings is 2. The Morgan fingerprint density at radius 3 is 2.75 bits per heavy atom. The molecule has 140 valence electrons. The number of nitrogens with zero attached hydrogens (tertiary/aromatic N) is 3. The maximum absolute atomic E-state index is 12.2. The standard InChI is InChI=1S/C20H15ClN4O2S/c21-13-6-7-15-16(8-9-22-17(15)12-13)23-10-11-25-18(26)19(27)28-20(25)24-14-4-2-1-3-5-14/h1-9,12H,10-11H2,(H,22,23). The van der Waals surface area contributed by atoms with E-state index in [0.717, 1.165) is 28.4 Å². The van der Waals surface area contributed by atoms with Crippen molar-refractivity contribution in [3.63, 3.8) is 0 Å². The smallest absolute Gasteiger partial charge is 0.307 e. The molecule has 0 spiro atoms. The maximum atomic E-state index is 12.2. The van der Waals surface area contributed by atoms with Crippen LogP contribution in [0, 0.1) is 0 Å². The molecule has 28 heavy (non-hydrogen) atoms. The van der Waals surface area contributed by atoms with Gasteiger partial charge in [-0.3, -0.25) is 19.5 Å². The number of hydrogen-bond acceptors (Lipinski definition) is 6. The van der Waals surface area contributed by atoms with Crippen molar-refractivity contribution >= 4 is 61.8 Å². The first kappa shape index (κ1) is 18.5. The minimum absolute atomic E-state index is 0.320. The molecule has 4 rings (SSSR count). The van der Waals surface area contributed by atoms with Gasteiger partial charge in [0.15, 0.2) is 5.17 Å². The monoisotopic (exact) mass is 410 g/mol. The zero-order valence-electron chi connectivity index (χ0n) is 14.6. The molecule has 1 saturated heterocycles. The highest BCUT2D eigenvalue weighted by Gasteiger charge is 2.36. The molecule has 1 aromatic heterocycles. The van der Waals surface area contributed by atoms with Gasteiger partial charge in [0.1, 0.15) is 0 Å². The van der Waals surface area contributed by atoms with Crippen molar-refractivity contribution in [1.29, 1.82) is 0 Å². The van der Waals surface area contributed by atoms with Crippen molar-refractivity contribution in [3.8, 4) is 0 Å². The summed E-state index contributed by atoms with van der Waals surface area (Å²) < 4.78 is 0. The fourth-order valence-corrected chi connectivity index (χ4v) is 3.81. The van der Waals surface area contributed by atoms with Gasteiger partial charge in [-0.15, -0.1) is 0 Å². The number of anilines is 1. The number of nitrogens with one attached hydrogen (secondary N) is 1. The van der Waals surface area contributed by atoms with Crippen LogP contribution < -0.4 is 5.32 Å². The molecular formula is C20H15ClN4O2S. The lowest BCUT2D eigenvalue weighted by molar-refractivity contribution is -0.136. The lowest BCUT2D eigenvalue weighted by Crippen LogP contribution is -2.34. The molecule has 2 heterocycles. The Morgan fingerprint density at radius 1 is 1.11 bits per heavy atom. The summed E-state index contributed by atoms with van der Waals surface area (Å²) in [6.45, 7) is 0.774. The van der Waals surface area contributed by atoms with E-state index in [1.165, 1.54) is 4.90 Å². The highest BCUT2D eigenvalue weighted by molar-refractivity contribution is 8.28. The van der Waals surface area contributed by atoms with Gasteiger partial charge in [-0.05, 0) is 48.2 Å². The van der Waals surface area contributed by atoms with Crippen molar-refractivity contribution in [1.82, 2.24) is 9.88 Å². The van der Waals surface area contributed by atoms with Gasteiger partial charge >= 0.3 is 5.91 Å². The van der Waals surface area contributed by atoms with Crippen molar-refractivity contribution < 1.29 is 9.59 Å². The minimum Gasteiger partial charge on any atom is -0.383 e. The van der Waals surface area contributed by atoms with Gasteiger partial charge in [-0.2, -0.15) is 0 Å². The number of halogens is 1. The third-order valence-corrected chi connectivity index (χ3v) is 5.26. The maximum Gasteiger partial charge on any atom is 0.307 e. The summed E-state index contributed by atoms with van der Waals surface area (Å²) in [5, 5.41) is 4.74. The number of aromatic nitrogens is 1.